The van der Waals surface area contributed by atoms with Gasteiger partial charge in [0.05, 0.1) is 28.7 Å². The Morgan fingerprint density at radius 2 is 2.29 bits per heavy atom. The second-order valence-electron chi connectivity index (χ2n) is 5.59. The van der Waals surface area contributed by atoms with E-state index in [1.165, 1.54) is 17.2 Å². The molecule has 0 aliphatic carbocycles. The molecule has 0 saturated carbocycles. The number of benzene rings is 1. The second-order valence-corrected chi connectivity index (χ2v) is 5.59. The third-order valence-electron chi connectivity index (χ3n) is 4.07. The zero-order valence-electron chi connectivity index (χ0n) is 12.4. The molecule has 9 heteroatoms. The SMILES string of the molecule is O=C(Nc1n[nH]c2cccc(F)c12)C1CC(=O)N(c2cn[nH]c2)C1. The number of nitrogens with zero attached hydrogens (tertiary/aromatic N) is 3. The molecule has 0 spiro atoms. The van der Waals surface area contributed by atoms with Gasteiger partial charge in [-0.15, -0.1) is 0 Å². The first-order chi connectivity index (χ1) is 11.6. The molecule has 1 aliphatic heterocycles. The third-order valence-corrected chi connectivity index (χ3v) is 4.07. The molecule has 1 aliphatic rings. The van der Waals surface area contributed by atoms with Crippen LogP contribution in [0.5, 0.6) is 0 Å². The predicted molar refractivity (Wildman–Crippen MR) is 83.7 cm³/mol. The number of nitrogens with one attached hydrogen (secondary N) is 3. The normalized spacial score (nSPS) is 17.6. The number of rotatable bonds is 3. The lowest BCUT2D eigenvalue weighted by Crippen LogP contribution is -2.28. The highest BCUT2D eigenvalue weighted by atomic mass is 19.1. The molecule has 4 rings (SSSR count). The molecular formula is C15H13FN6O2. The van der Waals surface area contributed by atoms with Crippen LogP contribution < -0.4 is 10.2 Å². The van der Waals surface area contributed by atoms with Crippen LogP contribution in [0.3, 0.4) is 0 Å². The zero-order chi connectivity index (χ0) is 16.7. The monoisotopic (exact) mass is 328 g/mol. The molecule has 24 heavy (non-hydrogen) atoms. The number of carbonyl (C=O) groups is 2. The average molecular weight is 328 g/mol. The molecule has 8 nitrogen and oxygen atoms in total. The van der Waals surface area contributed by atoms with E-state index in [1.54, 1.807) is 18.3 Å². The van der Waals surface area contributed by atoms with Crippen molar-refractivity contribution in [2.45, 2.75) is 6.42 Å². The van der Waals surface area contributed by atoms with Gasteiger partial charge in [-0.25, -0.2) is 4.39 Å². The Morgan fingerprint density at radius 3 is 3.08 bits per heavy atom. The number of carbonyl (C=O) groups excluding carboxylic acids is 2. The smallest absolute Gasteiger partial charge is 0.231 e. The molecule has 3 N–H and O–H groups in total. The fourth-order valence-corrected chi connectivity index (χ4v) is 2.86. The van der Waals surface area contributed by atoms with Crippen molar-refractivity contribution in [3.63, 3.8) is 0 Å². The molecule has 0 radical (unpaired) electrons. The Bertz CT molecular complexity index is 919. The van der Waals surface area contributed by atoms with Crippen molar-refractivity contribution in [1.82, 2.24) is 20.4 Å². The number of aromatic amines is 2. The van der Waals surface area contributed by atoms with Gasteiger partial charge in [0, 0.05) is 19.2 Å². The van der Waals surface area contributed by atoms with Crippen molar-refractivity contribution in [3.8, 4) is 0 Å². The van der Waals surface area contributed by atoms with E-state index in [0.717, 1.165) is 0 Å². The Hall–Kier alpha value is -3.23. The quantitative estimate of drug-likeness (QED) is 0.676. The first-order valence-corrected chi connectivity index (χ1v) is 7.36. The maximum absolute atomic E-state index is 13.9. The average Bonchev–Trinajstić information content (AvgIpc) is 3.27. The minimum atomic E-state index is -0.536. The molecule has 2 aromatic heterocycles. The van der Waals surface area contributed by atoms with Crippen LogP contribution >= 0.6 is 0 Å². The standard InChI is InChI=1S/C15H13FN6O2/c16-10-2-1-3-11-13(10)14(21-20-11)19-15(24)8-4-12(23)22(7-8)9-5-17-18-6-9/h1-3,5-6,8H,4,7H2,(H,17,18)(H2,19,20,21,24). The topological polar surface area (TPSA) is 107 Å². The Labute approximate surface area is 135 Å². The van der Waals surface area contributed by atoms with Crippen LogP contribution in [0.2, 0.25) is 0 Å². The van der Waals surface area contributed by atoms with E-state index in [1.807, 2.05) is 0 Å². The van der Waals surface area contributed by atoms with Crippen molar-refractivity contribution < 1.29 is 14.0 Å². The molecular weight excluding hydrogens is 315 g/mol. The summed E-state index contributed by atoms with van der Waals surface area (Å²) in [7, 11) is 0. The number of hydrogen-bond acceptors (Lipinski definition) is 4. The van der Waals surface area contributed by atoms with Crippen LogP contribution in [0.1, 0.15) is 6.42 Å². The summed E-state index contributed by atoms with van der Waals surface area (Å²) in [4.78, 5) is 26.0. The zero-order valence-corrected chi connectivity index (χ0v) is 12.4. The Kier molecular flexibility index (Phi) is 3.26. The lowest BCUT2D eigenvalue weighted by molar-refractivity contribution is -0.122. The number of H-pyrrole nitrogens is 2. The first-order valence-electron chi connectivity index (χ1n) is 7.36. The van der Waals surface area contributed by atoms with E-state index in [2.05, 4.69) is 25.7 Å². The Balaban J connectivity index is 1.53. The number of amides is 2. The Morgan fingerprint density at radius 1 is 1.42 bits per heavy atom. The van der Waals surface area contributed by atoms with Crippen LogP contribution in [0.15, 0.2) is 30.6 Å². The minimum absolute atomic E-state index is 0.0852. The minimum Gasteiger partial charge on any atom is -0.309 e. The van der Waals surface area contributed by atoms with Crippen molar-refractivity contribution >= 4 is 34.2 Å². The fraction of sp³-hybridized carbons (Fsp3) is 0.200. The molecule has 1 fully saturated rings. The van der Waals surface area contributed by atoms with Gasteiger partial charge in [0.15, 0.2) is 5.82 Å². The van der Waals surface area contributed by atoms with Crippen LogP contribution in [0, 0.1) is 11.7 Å². The summed E-state index contributed by atoms with van der Waals surface area (Å²) in [6.45, 7) is 0.245. The van der Waals surface area contributed by atoms with Gasteiger partial charge >= 0.3 is 0 Å². The molecule has 1 atom stereocenters. The summed E-state index contributed by atoms with van der Waals surface area (Å²) in [6.07, 6.45) is 3.20. The van der Waals surface area contributed by atoms with E-state index < -0.39 is 11.7 Å². The van der Waals surface area contributed by atoms with E-state index in [4.69, 9.17) is 0 Å². The predicted octanol–water partition coefficient (Wildman–Crippen LogP) is 1.42. The fourth-order valence-electron chi connectivity index (χ4n) is 2.86. The second kappa shape index (κ2) is 5.44. The molecule has 3 aromatic rings. The van der Waals surface area contributed by atoms with Crippen molar-refractivity contribution in [1.29, 1.82) is 0 Å². The summed E-state index contributed by atoms with van der Waals surface area (Å²) in [6, 6.07) is 4.52. The molecule has 2 amide bonds. The number of hydrogen-bond donors (Lipinski definition) is 3. The number of aromatic nitrogens is 4. The van der Waals surface area contributed by atoms with Gasteiger partial charge in [0.1, 0.15) is 5.82 Å². The highest BCUT2D eigenvalue weighted by Gasteiger charge is 2.36. The molecule has 1 aromatic carbocycles. The summed E-state index contributed by atoms with van der Waals surface area (Å²) >= 11 is 0. The maximum Gasteiger partial charge on any atom is 0.231 e. The maximum atomic E-state index is 13.9. The van der Waals surface area contributed by atoms with Gasteiger partial charge in [0.25, 0.3) is 0 Å². The molecule has 1 unspecified atom stereocenters. The summed E-state index contributed by atoms with van der Waals surface area (Å²) < 4.78 is 13.9. The van der Waals surface area contributed by atoms with Gasteiger partial charge in [-0.05, 0) is 12.1 Å². The van der Waals surface area contributed by atoms with Gasteiger partial charge in [0.2, 0.25) is 11.8 Å². The highest BCUT2D eigenvalue weighted by molar-refractivity contribution is 6.05. The largest absolute Gasteiger partial charge is 0.309 e. The summed E-state index contributed by atoms with van der Waals surface area (Å²) in [5.41, 5.74) is 1.11. The molecule has 1 saturated heterocycles. The van der Waals surface area contributed by atoms with Crippen molar-refractivity contribution in [2.24, 2.45) is 5.92 Å². The van der Waals surface area contributed by atoms with Crippen LogP contribution in [0.25, 0.3) is 10.9 Å². The van der Waals surface area contributed by atoms with Gasteiger partial charge in [-0.3, -0.25) is 19.8 Å². The van der Waals surface area contributed by atoms with E-state index in [0.29, 0.717) is 11.2 Å². The van der Waals surface area contributed by atoms with Gasteiger partial charge in [-0.1, -0.05) is 6.07 Å². The highest BCUT2D eigenvalue weighted by Crippen LogP contribution is 2.27. The van der Waals surface area contributed by atoms with Gasteiger partial charge < -0.3 is 10.2 Å². The lowest BCUT2D eigenvalue weighted by Gasteiger charge is -2.13. The van der Waals surface area contributed by atoms with E-state index in [9.17, 15) is 14.0 Å². The molecule has 3 heterocycles. The number of fused-ring (bicyclic) bond motifs is 1. The van der Waals surface area contributed by atoms with Crippen LogP contribution in [-0.4, -0.2) is 38.8 Å². The molecule has 122 valence electrons. The summed E-state index contributed by atoms with van der Waals surface area (Å²) in [5.74, 6) is -1.41. The number of anilines is 2. The number of halogens is 1. The first kappa shape index (κ1) is 14.4. The van der Waals surface area contributed by atoms with Crippen LogP contribution in [-0.2, 0) is 9.59 Å². The van der Waals surface area contributed by atoms with E-state index in [-0.39, 0.29) is 36.0 Å². The van der Waals surface area contributed by atoms with Crippen LogP contribution in [0.4, 0.5) is 15.9 Å². The van der Waals surface area contributed by atoms with Crippen molar-refractivity contribution in [3.05, 3.63) is 36.4 Å². The van der Waals surface area contributed by atoms with Gasteiger partial charge in [-0.2, -0.15) is 10.2 Å². The summed E-state index contributed by atoms with van der Waals surface area (Å²) in [5, 5.41) is 15.9. The van der Waals surface area contributed by atoms with Crippen molar-refractivity contribution in [2.75, 3.05) is 16.8 Å². The lowest BCUT2D eigenvalue weighted by atomic mass is 10.1. The molecule has 0 bridgehead atoms. The third kappa shape index (κ3) is 2.30. The van der Waals surface area contributed by atoms with E-state index >= 15 is 0 Å².